The predicted octanol–water partition coefficient (Wildman–Crippen LogP) is 9.84. The van der Waals surface area contributed by atoms with E-state index in [1.54, 1.807) is 0 Å². The molecule has 0 aliphatic carbocycles. The number of hydrogen-bond donors (Lipinski definition) is 0. The van der Waals surface area contributed by atoms with Crippen molar-refractivity contribution in [2.24, 2.45) is 0 Å². The summed E-state index contributed by atoms with van der Waals surface area (Å²) in [5.41, 5.74) is 10.4. The third-order valence-electron chi connectivity index (χ3n) is 8.43. The molecule has 0 atom stereocenters. The van der Waals surface area contributed by atoms with Gasteiger partial charge in [-0.2, -0.15) is 0 Å². The Bertz CT molecular complexity index is 2300. The number of anilines is 3. The van der Waals surface area contributed by atoms with Crippen LogP contribution in [-0.2, 0) is 0 Å². The second kappa shape index (κ2) is 8.88. The van der Waals surface area contributed by atoms with Gasteiger partial charge in [0.05, 0.1) is 34.3 Å². The average molecular weight is 537 g/mol. The van der Waals surface area contributed by atoms with Gasteiger partial charge in [0.2, 0.25) is 0 Å². The van der Waals surface area contributed by atoms with Crippen molar-refractivity contribution in [3.63, 3.8) is 0 Å². The second-order valence-corrected chi connectivity index (χ2v) is 10.7. The van der Waals surface area contributed by atoms with E-state index in [-0.39, 0.29) is 0 Å². The fourth-order valence-corrected chi connectivity index (χ4v) is 6.70. The summed E-state index contributed by atoms with van der Waals surface area (Å²) in [6.45, 7) is 0. The lowest BCUT2D eigenvalue weighted by Gasteiger charge is -2.34. The molecule has 0 saturated carbocycles. The van der Waals surface area contributed by atoms with Crippen molar-refractivity contribution in [3.05, 3.63) is 146 Å². The zero-order valence-corrected chi connectivity index (χ0v) is 22.6. The minimum atomic E-state index is 0.897. The van der Waals surface area contributed by atoms with Crippen LogP contribution in [0.5, 0.6) is 0 Å². The molecule has 0 unspecified atom stereocenters. The summed E-state index contributed by atoms with van der Waals surface area (Å²) in [5.74, 6) is 0.897. The summed E-state index contributed by atoms with van der Waals surface area (Å²) in [5, 5.41) is 4.88. The lowest BCUT2D eigenvalue weighted by molar-refractivity contribution is 1.08. The van der Waals surface area contributed by atoms with Gasteiger partial charge in [0.25, 0.3) is 0 Å². The number of aromatic nitrogens is 3. The molecule has 9 rings (SSSR count). The molecule has 4 heterocycles. The Morgan fingerprint density at radius 3 is 2.29 bits per heavy atom. The first-order chi connectivity index (χ1) is 20.9. The number of pyridine rings is 2. The Morgan fingerprint density at radius 2 is 1.40 bits per heavy atom. The molecule has 1 aliphatic heterocycles. The van der Waals surface area contributed by atoms with Crippen molar-refractivity contribution < 1.29 is 0 Å². The van der Waals surface area contributed by atoms with Crippen LogP contribution in [0.15, 0.2) is 146 Å². The lowest BCUT2D eigenvalue weighted by atomic mass is 9.89. The van der Waals surface area contributed by atoms with Crippen LogP contribution in [0.2, 0.25) is 0 Å². The summed E-state index contributed by atoms with van der Waals surface area (Å²) >= 11 is 0. The molecule has 4 heteroatoms. The molecule has 0 radical (unpaired) electrons. The molecular formula is C38H24N4. The van der Waals surface area contributed by atoms with E-state index in [4.69, 9.17) is 4.98 Å². The molecule has 0 saturated heterocycles. The molecule has 0 bridgehead atoms. The molecule has 3 aromatic heterocycles. The van der Waals surface area contributed by atoms with Crippen LogP contribution >= 0.6 is 0 Å². The Hall–Kier alpha value is -5.74. The monoisotopic (exact) mass is 536 g/mol. The normalized spacial score (nSPS) is 12.2. The van der Waals surface area contributed by atoms with Crippen LogP contribution < -0.4 is 4.90 Å². The Labute approximate surface area is 242 Å². The van der Waals surface area contributed by atoms with Crippen LogP contribution in [0.3, 0.4) is 0 Å². The second-order valence-electron chi connectivity index (χ2n) is 10.7. The molecule has 0 N–H and O–H groups in total. The van der Waals surface area contributed by atoms with Gasteiger partial charge in [0, 0.05) is 34.1 Å². The van der Waals surface area contributed by atoms with E-state index in [1.165, 1.54) is 43.9 Å². The first-order valence-electron chi connectivity index (χ1n) is 14.2. The molecule has 0 spiro atoms. The van der Waals surface area contributed by atoms with Crippen LogP contribution in [-0.4, -0.2) is 14.5 Å². The largest absolute Gasteiger partial charge is 0.307 e. The highest BCUT2D eigenvalue weighted by Gasteiger charge is 2.30. The van der Waals surface area contributed by atoms with E-state index in [0.29, 0.717) is 0 Å². The number of fused-ring (bicyclic) bond motifs is 6. The van der Waals surface area contributed by atoms with E-state index in [0.717, 1.165) is 33.8 Å². The molecular weight excluding hydrogens is 512 g/mol. The first kappa shape index (κ1) is 23.0. The summed E-state index contributed by atoms with van der Waals surface area (Å²) in [4.78, 5) is 11.8. The Kier molecular flexibility index (Phi) is 4.87. The third kappa shape index (κ3) is 3.23. The van der Waals surface area contributed by atoms with Crippen molar-refractivity contribution in [2.45, 2.75) is 0 Å². The maximum atomic E-state index is 4.90. The molecule has 4 nitrogen and oxygen atoms in total. The highest BCUT2D eigenvalue weighted by atomic mass is 15.2. The zero-order valence-electron chi connectivity index (χ0n) is 22.6. The maximum absolute atomic E-state index is 4.90. The number of para-hydroxylation sites is 1. The summed E-state index contributed by atoms with van der Waals surface area (Å²) in [6, 6.07) is 45.3. The van der Waals surface area contributed by atoms with Gasteiger partial charge >= 0.3 is 0 Å². The fourth-order valence-electron chi connectivity index (χ4n) is 6.70. The predicted molar refractivity (Wildman–Crippen MR) is 173 cm³/mol. The van der Waals surface area contributed by atoms with Crippen LogP contribution in [0, 0.1) is 0 Å². The average Bonchev–Trinajstić information content (AvgIpc) is 3.41. The number of rotatable bonds is 3. The van der Waals surface area contributed by atoms with Gasteiger partial charge < -0.3 is 4.90 Å². The number of benzene rings is 5. The van der Waals surface area contributed by atoms with Gasteiger partial charge in [-0.3, -0.25) is 9.55 Å². The summed E-state index contributed by atoms with van der Waals surface area (Å²) in [6.07, 6.45) is 5.70. The van der Waals surface area contributed by atoms with Gasteiger partial charge in [0.1, 0.15) is 5.82 Å². The zero-order chi connectivity index (χ0) is 27.6. The minimum Gasteiger partial charge on any atom is -0.307 e. The van der Waals surface area contributed by atoms with Gasteiger partial charge in [-0.1, -0.05) is 84.9 Å². The van der Waals surface area contributed by atoms with E-state index in [2.05, 4.69) is 130 Å². The Morgan fingerprint density at radius 1 is 0.548 bits per heavy atom. The summed E-state index contributed by atoms with van der Waals surface area (Å²) in [7, 11) is 0. The number of hydrogen-bond acceptors (Lipinski definition) is 3. The topological polar surface area (TPSA) is 34.0 Å². The smallest absolute Gasteiger partial charge is 0.138 e. The minimum absolute atomic E-state index is 0.897. The van der Waals surface area contributed by atoms with E-state index >= 15 is 0 Å². The van der Waals surface area contributed by atoms with Gasteiger partial charge in [-0.15, -0.1) is 0 Å². The fraction of sp³-hybridized carbons (Fsp3) is 0. The van der Waals surface area contributed by atoms with Crippen LogP contribution in [0.4, 0.5) is 17.1 Å². The van der Waals surface area contributed by atoms with E-state index in [1.807, 2.05) is 30.7 Å². The first-order valence-corrected chi connectivity index (χ1v) is 14.2. The quantitative estimate of drug-likeness (QED) is 0.225. The highest BCUT2D eigenvalue weighted by Crippen LogP contribution is 2.54. The van der Waals surface area contributed by atoms with Gasteiger partial charge in [0.15, 0.2) is 0 Å². The van der Waals surface area contributed by atoms with Gasteiger partial charge in [-0.05, 0) is 64.5 Å². The van der Waals surface area contributed by atoms with Crippen LogP contribution in [0.1, 0.15) is 0 Å². The highest BCUT2D eigenvalue weighted by molar-refractivity contribution is 6.24. The molecule has 1 aliphatic rings. The molecule has 0 fully saturated rings. The van der Waals surface area contributed by atoms with Gasteiger partial charge in [-0.25, -0.2) is 4.98 Å². The molecule has 5 aromatic carbocycles. The van der Waals surface area contributed by atoms with E-state index in [9.17, 15) is 0 Å². The van der Waals surface area contributed by atoms with E-state index < -0.39 is 0 Å². The van der Waals surface area contributed by atoms with Crippen molar-refractivity contribution >= 4 is 49.6 Å². The molecule has 0 amide bonds. The van der Waals surface area contributed by atoms with Crippen LogP contribution in [0.25, 0.3) is 60.6 Å². The standard InChI is InChI=1S/C38H24N4/c1-2-9-25(10-3-1)27-20-22-40-35(23-27)42-32-16-5-4-14-31(32)37-34(42)19-18-30-29-15-6-11-26-12-7-17-33(36(26)29)41(38(30)37)28-13-8-21-39-24-28/h1-24H. The lowest BCUT2D eigenvalue weighted by Crippen LogP contribution is -2.15. The third-order valence-corrected chi connectivity index (χ3v) is 8.43. The summed E-state index contributed by atoms with van der Waals surface area (Å²) < 4.78 is 2.31. The van der Waals surface area contributed by atoms with Crippen molar-refractivity contribution in [2.75, 3.05) is 4.90 Å². The SMILES string of the molecule is c1ccc(-c2ccnc(-n3c4ccccc4c4c5c(ccc43)-c3cccc4cccc(c34)N5c3cccnc3)c2)cc1. The maximum Gasteiger partial charge on any atom is 0.138 e. The van der Waals surface area contributed by atoms with Crippen molar-refractivity contribution in [1.29, 1.82) is 0 Å². The Balaban J connectivity index is 1.41. The molecule has 8 aromatic rings. The molecule has 42 heavy (non-hydrogen) atoms. The van der Waals surface area contributed by atoms with Crippen molar-refractivity contribution in [1.82, 2.24) is 14.5 Å². The number of nitrogens with zero attached hydrogens (tertiary/aromatic N) is 4. The van der Waals surface area contributed by atoms with Crippen molar-refractivity contribution in [3.8, 4) is 28.1 Å². The molecule has 196 valence electrons.